The van der Waals surface area contributed by atoms with Crippen LogP contribution in [0.15, 0.2) is 48.5 Å². The van der Waals surface area contributed by atoms with Gasteiger partial charge in [0.05, 0.1) is 38.1 Å². The van der Waals surface area contributed by atoms with Crippen molar-refractivity contribution in [3.8, 4) is 17.2 Å². The van der Waals surface area contributed by atoms with Crippen LogP contribution in [0.25, 0.3) is 10.9 Å². The molecule has 2 heterocycles. The van der Waals surface area contributed by atoms with E-state index in [-0.39, 0.29) is 5.91 Å². The average Bonchev–Trinajstić information content (AvgIpc) is 2.83. The number of carbonyl (C=O) groups is 1. The highest BCUT2D eigenvalue weighted by atomic mass is 16.5. The molecule has 162 valence electrons. The maximum Gasteiger partial charge on any atom is 0.257 e. The monoisotopic (exact) mass is 421 g/mol. The van der Waals surface area contributed by atoms with E-state index in [0.29, 0.717) is 30.9 Å². The fourth-order valence-electron chi connectivity index (χ4n) is 3.93. The van der Waals surface area contributed by atoms with E-state index < -0.39 is 0 Å². The Balaban J connectivity index is 1.44. The zero-order chi connectivity index (χ0) is 21.8. The maximum atomic E-state index is 12.9. The smallest absolute Gasteiger partial charge is 0.257 e. The number of methoxy groups -OCH3 is 3. The third-order valence-electron chi connectivity index (χ3n) is 5.63. The summed E-state index contributed by atoms with van der Waals surface area (Å²) in [4.78, 5) is 21.9. The zero-order valence-electron chi connectivity index (χ0n) is 18.1. The van der Waals surface area contributed by atoms with E-state index in [2.05, 4.69) is 4.90 Å². The lowest BCUT2D eigenvalue weighted by Crippen LogP contribution is -2.48. The molecule has 7 nitrogen and oxygen atoms in total. The van der Waals surface area contributed by atoms with Crippen LogP contribution in [0.4, 0.5) is 0 Å². The number of aromatic nitrogens is 1. The standard InChI is InChI=1S/C24H27N3O4/c1-29-18-8-9-21-20(15-18)23(31-3)14-17(25-21)16-26-10-12-27(13-11-26)24(28)19-6-4-5-7-22(19)30-2/h4-9,14-15H,10-13,16H2,1-3H3. The first-order chi connectivity index (χ1) is 15.1. The lowest BCUT2D eigenvalue weighted by Gasteiger charge is -2.34. The molecular formula is C24H27N3O4. The molecule has 2 aromatic carbocycles. The number of rotatable bonds is 6. The Kier molecular flexibility index (Phi) is 6.23. The van der Waals surface area contributed by atoms with Gasteiger partial charge >= 0.3 is 0 Å². The van der Waals surface area contributed by atoms with E-state index >= 15 is 0 Å². The van der Waals surface area contributed by atoms with E-state index in [0.717, 1.165) is 41.2 Å². The molecule has 0 saturated carbocycles. The highest BCUT2D eigenvalue weighted by Crippen LogP contribution is 2.29. The first-order valence-corrected chi connectivity index (χ1v) is 10.3. The number of pyridine rings is 1. The lowest BCUT2D eigenvalue weighted by atomic mass is 10.1. The van der Waals surface area contributed by atoms with Gasteiger partial charge in [-0.05, 0) is 30.3 Å². The minimum atomic E-state index is 0.0107. The largest absolute Gasteiger partial charge is 0.497 e. The number of amides is 1. The SMILES string of the molecule is COc1ccc2nc(CN3CCN(C(=O)c4ccccc4OC)CC3)cc(OC)c2c1. The van der Waals surface area contributed by atoms with E-state index in [1.165, 1.54) is 0 Å². The van der Waals surface area contributed by atoms with Gasteiger partial charge in [0.15, 0.2) is 0 Å². The van der Waals surface area contributed by atoms with Gasteiger partial charge < -0.3 is 19.1 Å². The quantitative estimate of drug-likeness (QED) is 0.609. The third kappa shape index (κ3) is 4.41. The molecule has 0 unspecified atom stereocenters. The fourth-order valence-corrected chi connectivity index (χ4v) is 3.93. The van der Waals surface area contributed by atoms with Crippen LogP contribution in [0.5, 0.6) is 17.2 Å². The number of ether oxygens (including phenoxy) is 3. The van der Waals surface area contributed by atoms with Crippen molar-refractivity contribution in [1.29, 1.82) is 0 Å². The van der Waals surface area contributed by atoms with Crippen molar-refractivity contribution < 1.29 is 19.0 Å². The van der Waals surface area contributed by atoms with Crippen molar-refractivity contribution >= 4 is 16.8 Å². The van der Waals surface area contributed by atoms with Crippen LogP contribution in [-0.2, 0) is 6.54 Å². The first-order valence-electron chi connectivity index (χ1n) is 10.3. The van der Waals surface area contributed by atoms with Gasteiger partial charge in [-0.25, -0.2) is 0 Å². The van der Waals surface area contributed by atoms with Crippen LogP contribution < -0.4 is 14.2 Å². The molecule has 1 aromatic heterocycles. The normalized spacial score (nSPS) is 14.5. The van der Waals surface area contributed by atoms with Crippen LogP contribution >= 0.6 is 0 Å². The van der Waals surface area contributed by atoms with Gasteiger partial charge in [0.25, 0.3) is 5.91 Å². The van der Waals surface area contributed by atoms with Gasteiger partial charge in [-0.15, -0.1) is 0 Å². The van der Waals surface area contributed by atoms with Crippen LogP contribution in [0.2, 0.25) is 0 Å². The summed E-state index contributed by atoms with van der Waals surface area (Å²) in [5.74, 6) is 2.18. The topological polar surface area (TPSA) is 64.1 Å². The van der Waals surface area contributed by atoms with Crippen molar-refractivity contribution in [3.05, 3.63) is 59.8 Å². The zero-order valence-corrected chi connectivity index (χ0v) is 18.1. The molecule has 0 N–H and O–H groups in total. The Morgan fingerprint density at radius 3 is 2.35 bits per heavy atom. The highest BCUT2D eigenvalue weighted by Gasteiger charge is 2.24. The summed E-state index contributed by atoms with van der Waals surface area (Å²) in [6.45, 7) is 3.60. The number of hydrogen-bond donors (Lipinski definition) is 0. The molecule has 0 aliphatic carbocycles. The number of hydrogen-bond acceptors (Lipinski definition) is 6. The van der Waals surface area contributed by atoms with Crippen molar-refractivity contribution in [1.82, 2.24) is 14.8 Å². The van der Waals surface area contributed by atoms with E-state index in [9.17, 15) is 4.79 Å². The Hall–Kier alpha value is -3.32. The fraction of sp³-hybridized carbons (Fsp3) is 0.333. The molecule has 0 radical (unpaired) electrons. The summed E-state index contributed by atoms with van der Waals surface area (Å²) >= 11 is 0. The second kappa shape index (κ2) is 9.22. The van der Waals surface area contributed by atoms with Gasteiger partial charge in [-0.1, -0.05) is 12.1 Å². The number of fused-ring (bicyclic) bond motifs is 1. The van der Waals surface area contributed by atoms with Gasteiger partial charge in [0, 0.05) is 44.2 Å². The Bertz CT molecular complexity index is 1080. The second-order valence-corrected chi connectivity index (χ2v) is 7.47. The van der Waals surface area contributed by atoms with Gasteiger partial charge in [-0.3, -0.25) is 14.7 Å². The van der Waals surface area contributed by atoms with Gasteiger partial charge in [-0.2, -0.15) is 0 Å². The molecule has 0 bridgehead atoms. The van der Waals surface area contributed by atoms with E-state index in [1.807, 2.05) is 53.4 Å². The molecule has 0 spiro atoms. The van der Waals surface area contributed by atoms with Crippen LogP contribution in [-0.4, -0.2) is 68.2 Å². The summed E-state index contributed by atoms with van der Waals surface area (Å²) in [5, 5.41) is 0.929. The molecule has 3 aromatic rings. The maximum absolute atomic E-state index is 12.9. The Labute approximate surface area is 182 Å². The second-order valence-electron chi connectivity index (χ2n) is 7.47. The summed E-state index contributed by atoms with van der Waals surface area (Å²) in [7, 11) is 4.90. The van der Waals surface area contributed by atoms with E-state index in [1.54, 1.807) is 21.3 Å². The number of nitrogens with zero attached hydrogens (tertiary/aromatic N) is 3. The number of benzene rings is 2. The first kappa shape index (κ1) is 20.9. The van der Waals surface area contributed by atoms with Gasteiger partial charge in [0.1, 0.15) is 17.2 Å². The van der Waals surface area contributed by atoms with Crippen LogP contribution in [0, 0.1) is 0 Å². The van der Waals surface area contributed by atoms with Crippen LogP contribution in [0.1, 0.15) is 16.1 Å². The number of para-hydroxylation sites is 1. The molecule has 4 rings (SSSR count). The predicted octanol–water partition coefficient (Wildman–Crippen LogP) is 3.22. The number of carbonyl (C=O) groups excluding carboxylic acids is 1. The van der Waals surface area contributed by atoms with E-state index in [4.69, 9.17) is 19.2 Å². The molecule has 1 aliphatic heterocycles. The minimum absolute atomic E-state index is 0.0107. The third-order valence-corrected chi connectivity index (χ3v) is 5.63. The molecule has 1 fully saturated rings. The van der Waals surface area contributed by atoms with Crippen molar-refractivity contribution in [2.45, 2.75) is 6.54 Å². The highest BCUT2D eigenvalue weighted by molar-refractivity contribution is 5.97. The predicted molar refractivity (Wildman–Crippen MR) is 119 cm³/mol. The Morgan fingerprint density at radius 2 is 1.65 bits per heavy atom. The summed E-state index contributed by atoms with van der Waals surface area (Å²) in [6, 6.07) is 15.1. The van der Waals surface area contributed by atoms with Crippen LogP contribution in [0.3, 0.4) is 0 Å². The minimum Gasteiger partial charge on any atom is -0.497 e. The average molecular weight is 421 g/mol. The number of piperazine rings is 1. The summed E-state index contributed by atoms with van der Waals surface area (Å²) < 4.78 is 16.3. The van der Waals surface area contributed by atoms with Crippen molar-refractivity contribution in [3.63, 3.8) is 0 Å². The molecule has 1 saturated heterocycles. The van der Waals surface area contributed by atoms with Gasteiger partial charge in [0.2, 0.25) is 0 Å². The summed E-state index contributed by atoms with van der Waals surface area (Å²) in [6.07, 6.45) is 0. The Morgan fingerprint density at radius 1 is 0.903 bits per heavy atom. The molecule has 1 amide bonds. The summed E-state index contributed by atoms with van der Waals surface area (Å²) in [5.41, 5.74) is 2.42. The molecule has 1 aliphatic rings. The molecule has 31 heavy (non-hydrogen) atoms. The lowest BCUT2D eigenvalue weighted by molar-refractivity contribution is 0.0624. The van der Waals surface area contributed by atoms with Crippen molar-refractivity contribution in [2.75, 3.05) is 47.5 Å². The van der Waals surface area contributed by atoms with Crippen molar-refractivity contribution in [2.24, 2.45) is 0 Å². The molecule has 7 heteroatoms. The molecule has 0 atom stereocenters. The molecular weight excluding hydrogens is 394 g/mol.